The number of aliphatic hydroxyl groups is 1. The predicted molar refractivity (Wildman–Crippen MR) is 42.6 cm³/mol. The highest BCUT2D eigenvalue weighted by molar-refractivity contribution is 7.98. The van der Waals surface area contributed by atoms with Gasteiger partial charge in [-0.15, -0.1) is 0 Å². The molecule has 1 aromatic rings. The van der Waals surface area contributed by atoms with Gasteiger partial charge in [-0.05, 0) is 6.26 Å². The Morgan fingerprint density at radius 1 is 1.82 bits per heavy atom. The lowest BCUT2D eigenvalue weighted by molar-refractivity contribution is 0.279. The van der Waals surface area contributed by atoms with Gasteiger partial charge in [0.1, 0.15) is 0 Å². The summed E-state index contributed by atoms with van der Waals surface area (Å²) in [6, 6.07) is 0. The first kappa shape index (κ1) is 8.29. The van der Waals surface area contributed by atoms with Gasteiger partial charge in [0.15, 0.2) is 5.16 Å². The normalized spacial score (nSPS) is 10.0. The van der Waals surface area contributed by atoms with Crippen LogP contribution in [-0.2, 0) is 6.61 Å². The first-order valence-corrected chi connectivity index (χ1v) is 4.23. The van der Waals surface area contributed by atoms with Gasteiger partial charge in [0, 0.05) is 6.20 Å². The van der Waals surface area contributed by atoms with Crippen molar-refractivity contribution in [1.82, 2.24) is 9.97 Å². The van der Waals surface area contributed by atoms with Crippen LogP contribution in [-0.4, -0.2) is 21.3 Å². The van der Waals surface area contributed by atoms with Crippen LogP contribution in [0, 0.1) is 0 Å². The Kier molecular flexibility index (Phi) is 2.67. The van der Waals surface area contributed by atoms with E-state index in [0.29, 0.717) is 10.7 Å². The molecule has 0 atom stereocenters. The Morgan fingerprint density at radius 2 is 2.55 bits per heavy atom. The second kappa shape index (κ2) is 3.54. The lowest BCUT2D eigenvalue weighted by atomic mass is 10.4. The van der Waals surface area contributed by atoms with Gasteiger partial charge in [-0.1, -0.05) is 11.8 Å². The molecule has 0 bridgehead atoms. The van der Waals surface area contributed by atoms with E-state index < -0.39 is 0 Å². The fourth-order valence-corrected chi connectivity index (χ4v) is 0.974. The molecule has 0 fully saturated rings. The topological polar surface area (TPSA) is 66.0 Å². The maximum absolute atomic E-state index is 11.0. The van der Waals surface area contributed by atoms with E-state index in [0.717, 1.165) is 0 Å². The second-order valence-corrected chi connectivity index (χ2v) is 2.70. The molecule has 1 heterocycles. The quantitative estimate of drug-likeness (QED) is 0.486. The highest BCUT2D eigenvalue weighted by Gasteiger charge is 1.98. The van der Waals surface area contributed by atoms with Crippen LogP contribution in [0.3, 0.4) is 0 Å². The zero-order chi connectivity index (χ0) is 8.27. The zero-order valence-electron chi connectivity index (χ0n) is 6.00. The molecule has 60 valence electrons. The largest absolute Gasteiger partial charge is 0.391 e. The number of hydrogen-bond donors (Lipinski definition) is 2. The number of H-pyrrole nitrogens is 1. The van der Waals surface area contributed by atoms with Gasteiger partial charge in [-0.25, -0.2) is 4.98 Å². The third-order valence-corrected chi connectivity index (χ3v) is 1.81. The Balaban J connectivity index is 3.10. The summed E-state index contributed by atoms with van der Waals surface area (Å²) in [6.07, 6.45) is 3.20. The molecule has 0 aliphatic carbocycles. The highest BCUT2D eigenvalue weighted by atomic mass is 32.2. The molecule has 4 nitrogen and oxygen atoms in total. The van der Waals surface area contributed by atoms with E-state index in [9.17, 15) is 4.79 Å². The van der Waals surface area contributed by atoms with Crippen LogP contribution in [0.4, 0.5) is 0 Å². The summed E-state index contributed by atoms with van der Waals surface area (Å²) in [7, 11) is 0. The van der Waals surface area contributed by atoms with Crippen LogP contribution in [0.5, 0.6) is 0 Å². The Bertz CT molecular complexity index is 297. The average molecular weight is 172 g/mol. The van der Waals surface area contributed by atoms with Gasteiger partial charge in [-0.3, -0.25) is 4.79 Å². The standard InChI is InChI=1S/C6H8N2O2S/c1-11-6-7-2-4(3-9)5(10)8-6/h2,9H,3H2,1H3,(H,7,8,10). The summed E-state index contributed by atoms with van der Waals surface area (Å²) in [5.74, 6) is 0. The number of thioether (sulfide) groups is 1. The molecule has 0 saturated heterocycles. The third-order valence-electron chi connectivity index (χ3n) is 1.21. The van der Waals surface area contributed by atoms with E-state index in [1.165, 1.54) is 18.0 Å². The summed E-state index contributed by atoms with van der Waals surface area (Å²) in [5.41, 5.74) is 0.0228. The van der Waals surface area contributed by atoms with Crippen molar-refractivity contribution in [3.8, 4) is 0 Å². The van der Waals surface area contributed by atoms with E-state index in [1.54, 1.807) is 0 Å². The Hall–Kier alpha value is -0.810. The molecule has 0 spiro atoms. The highest BCUT2D eigenvalue weighted by Crippen LogP contribution is 2.03. The Morgan fingerprint density at radius 3 is 3.00 bits per heavy atom. The van der Waals surface area contributed by atoms with Crippen molar-refractivity contribution in [2.24, 2.45) is 0 Å². The third kappa shape index (κ3) is 1.81. The predicted octanol–water partition coefficient (Wildman–Crippen LogP) is -0.0159. The molecule has 0 saturated carbocycles. The van der Waals surface area contributed by atoms with E-state index in [4.69, 9.17) is 5.11 Å². The van der Waals surface area contributed by atoms with Crippen LogP contribution in [0.1, 0.15) is 5.56 Å². The van der Waals surface area contributed by atoms with Gasteiger partial charge in [0.05, 0.1) is 12.2 Å². The molecule has 5 heteroatoms. The van der Waals surface area contributed by atoms with Crippen molar-refractivity contribution in [2.45, 2.75) is 11.8 Å². The lowest BCUT2D eigenvalue weighted by Gasteiger charge is -1.95. The first-order valence-electron chi connectivity index (χ1n) is 3.01. The van der Waals surface area contributed by atoms with Crippen molar-refractivity contribution in [1.29, 1.82) is 0 Å². The van der Waals surface area contributed by atoms with Gasteiger partial charge in [-0.2, -0.15) is 0 Å². The molecule has 0 radical (unpaired) electrons. The van der Waals surface area contributed by atoms with Crippen LogP contribution in [0.25, 0.3) is 0 Å². The SMILES string of the molecule is CSc1ncc(CO)c(=O)[nH]1. The van der Waals surface area contributed by atoms with Gasteiger partial charge in [0.2, 0.25) is 0 Å². The minimum Gasteiger partial charge on any atom is -0.391 e. The van der Waals surface area contributed by atoms with Crippen molar-refractivity contribution >= 4 is 11.8 Å². The van der Waals surface area contributed by atoms with Crippen molar-refractivity contribution < 1.29 is 5.11 Å². The maximum Gasteiger partial charge on any atom is 0.257 e. The van der Waals surface area contributed by atoms with Crippen LogP contribution < -0.4 is 5.56 Å². The minimum absolute atomic E-state index is 0.267. The maximum atomic E-state index is 11.0. The number of nitrogens with zero attached hydrogens (tertiary/aromatic N) is 1. The fraction of sp³-hybridized carbons (Fsp3) is 0.333. The Labute approximate surface area is 67.7 Å². The van der Waals surface area contributed by atoms with Crippen molar-refractivity contribution in [2.75, 3.05) is 6.26 Å². The molecule has 1 rings (SSSR count). The first-order chi connectivity index (χ1) is 5.27. The molecule has 0 amide bonds. The summed E-state index contributed by atoms with van der Waals surface area (Å²) in [4.78, 5) is 17.4. The number of aromatic nitrogens is 2. The minimum atomic E-state index is -0.271. The van der Waals surface area contributed by atoms with Gasteiger partial charge >= 0.3 is 0 Å². The van der Waals surface area contributed by atoms with Crippen molar-refractivity contribution in [3.63, 3.8) is 0 Å². The van der Waals surface area contributed by atoms with E-state index in [2.05, 4.69) is 9.97 Å². The van der Waals surface area contributed by atoms with E-state index in [1.807, 2.05) is 6.26 Å². The molecule has 1 aromatic heterocycles. The van der Waals surface area contributed by atoms with Crippen molar-refractivity contribution in [3.05, 3.63) is 22.1 Å². The number of nitrogens with one attached hydrogen (secondary N) is 1. The smallest absolute Gasteiger partial charge is 0.257 e. The van der Waals surface area contributed by atoms with Crippen LogP contribution in [0.15, 0.2) is 16.1 Å². The molecule has 0 aliphatic rings. The number of aliphatic hydroxyl groups excluding tert-OH is 1. The molecular formula is C6H8N2O2S. The number of rotatable bonds is 2. The molecule has 0 unspecified atom stereocenters. The summed E-state index contributed by atoms with van der Waals surface area (Å²) >= 11 is 1.35. The lowest BCUT2D eigenvalue weighted by Crippen LogP contribution is -2.13. The molecule has 11 heavy (non-hydrogen) atoms. The average Bonchev–Trinajstić information content (AvgIpc) is 2.04. The van der Waals surface area contributed by atoms with Crippen LogP contribution in [0.2, 0.25) is 0 Å². The monoisotopic (exact) mass is 172 g/mol. The van der Waals surface area contributed by atoms with Gasteiger partial charge < -0.3 is 10.1 Å². The molecule has 0 aliphatic heterocycles. The summed E-state index contributed by atoms with van der Waals surface area (Å²) < 4.78 is 0. The van der Waals surface area contributed by atoms with E-state index >= 15 is 0 Å². The molecular weight excluding hydrogens is 164 g/mol. The zero-order valence-corrected chi connectivity index (χ0v) is 6.81. The van der Waals surface area contributed by atoms with Gasteiger partial charge in [0.25, 0.3) is 5.56 Å². The summed E-state index contributed by atoms with van der Waals surface area (Å²) in [6.45, 7) is -0.267. The number of aromatic amines is 1. The summed E-state index contributed by atoms with van der Waals surface area (Å²) in [5, 5.41) is 9.18. The van der Waals surface area contributed by atoms with Crippen LogP contribution >= 0.6 is 11.8 Å². The molecule has 0 aromatic carbocycles. The van der Waals surface area contributed by atoms with E-state index in [-0.39, 0.29) is 12.2 Å². The molecule has 2 N–H and O–H groups in total. The number of hydrogen-bond acceptors (Lipinski definition) is 4. The fourth-order valence-electron chi connectivity index (χ4n) is 0.621. The second-order valence-electron chi connectivity index (χ2n) is 1.90.